The fourth-order valence-electron chi connectivity index (χ4n) is 2.71. The number of hydrogen-bond donors (Lipinski definition) is 1. The minimum absolute atomic E-state index is 0.0877. The molecule has 0 aliphatic carbocycles. The van der Waals surface area contributed by atoms with E-state index in [1.807, 2.05) is 0 Å². The van der Waals surface area contributed by atoms with Crippen LogP contribution < -0.4 is 24.3 Å². The van der Waals surface area contributed by atoms with E-state index in [9.17, 15) is 13.2 Å². The highest BCUT2D eigenvalue weighted by atomic mass is 32.2. The highest BCUT2D eigenvalue weighted by molar-refractivity contribution is 7.94. The molecular weight excluding hydrogens is 452 g/mol. The van der Waals surface area contributed by atoms with Gasteiger partial charge < -0.3 is 34.0 Å². The summed E-state index contributed by atoms with van der Waals surface area (Å²) >= 11 is 0. The molecule has 2 aromatic carbocycles. The lowest BCUT2D eigenvalue weighted by Crippen LogP contribution is -2.13. The minimum Gasteiger partial charge on any atom is -0.497 e. The molecule has 33 heavy (non-hydrogen) atoms. The van der Waals surface area contributed by atoms with E-state index in [1.165, 1.54) is 58.8 Å². The van der Waals surface area contributed by atoms with Gasteiger partial charge in [0.15, 0.2) is 0 Å². The Morgan fingerprint density at radius 2 is 1.61 bits per heavy atom. The topological polar surface area (TPSA) is 140 Å². The van der Waals surface area contributed by atoms with Gasteiger partial charge in [0.05, 0.1) is 38.9 Å². The second-order valence-electron chi connectivity index (χ2n) is 6.37. The van der Waals surface area contributed by atoms with Crippen LogP contribution in [0.3, 0.4) is 0 Å². The van der Waals surface area contributed by atoms with Gasteiger partial charge in [-0.25, -0.2) is 8.42 Å². The second-order valence-corrected chi connectivity index (χ2v) is 7.97. The Balaban J connectivity index is 1.76. The van der Waals surface area contributed by atoms with Gasteiger partial charge in [-0.3, -0.25) is 4.79 Å². The van der Waals surface area contributed by atoms with Crippen LogP contribution in [-0.4, -0.2) is 52.7 Å². The summed E-state index contributed by atoms with van der Waals surface area (Å²) < 4.78 is 49.3. The van der Waals surface area contributed by atoms with E-state index in [2.05, 4.69) is 20.0 Å². The summed E-state index contributed by atoms with van der Waals surface area (Å²) in [6, 6.07) is 11.5. The molecule has 0 atom stereocenters. The molecule has 3 aromatic rings. The minimum atomic E-state index is -4.10. The van der Waals surface area contributed by atoms with E-state index in [1.54, 1.807) is 18.2 Å². The van der Waals surface area contributed by atoms with Crippen LogP contribution in [-0.2, 0) is 10.0 Å². The van der Waals surface area contributed by atoms with E-state index in [4.69, 9.17) is 18.9 Å². The first-order chi connectivity index (χ1) is 15.8. The molecule has 11 nitrogen and oxygen atoms in total. The van der Waals surface area contributed by atoms with Crippen molar-refractivity contribution in [3.05, 3.63) is 58.8 Å². The molecule has 1 aromatic heterocycles. The van der Waals surface area contributed by atoms with Gasteiger partial charge in [-0.15, -0.1) is 0 Å². The Kier molecular flexibility index (Phi) is 7.18. The summed E-state index contributed by atoms with van der Waals surface area (Å²) in [7, 11) is 1.55. The molecule has 0 fully saturated rings. The first-order valence-corrected chi connectivity index (χ1v) is 10.8. The zero-order valence-corrected chi connectivity index (χ0v) is 19.0. The lowest BCUT2D eigenvalue weighted by atomic mass is 10.1. The summed E-state index contributed by atoms with van der Waals surface area (Å²) in [6.45, 7) is 0. The van der Waals surface area contributed by atoms with Crippen LogP contribution >= 0.6 is 0 Å². The summed E-state index contributed by atoms with van der Waals surface area (Å²) in [5.74, 6) is 0.390. The third-order valence-corrected chi connectivity index (χ3v) is 5.63. The monoisotopic (exact) mass is 473 g/mol. The van der Waals surface area contributed by atoms with Crippen molar-refractivity contribution in [1.29, 1.82) is 0 Å². The van der Waals surface area contributed by atoms with Gasteiger partial charge in [0.1, 0.15) is 11.5 Å². The van der Waals surface area contributed by atoms with E-state index in [0.717, 1.165) is 0 Å². The van der Waals surface area contributed by atoms with Crippen molar-refractivity contribution in [2.75, 3.05) is 33.8 Å². The molecular formula is C21H21N4O7S-. The number of nitrogens with one attached hydrogen (secondary N) is 1. The standard InChI is InChI=1S/C21H22N4O7S/c1-29-14-7-10-16(17(11-14)30-2)20(26)22-13-5-8-15(9-6-13)33(27,28)25-18-12-19(31-3)24-21(23-18)32-4/h5-12H,1-4H3,(H2,22,23,24,25,26)/p-1. The number of sulfonamides is 1. The Morgan fingerprint density at radius 3 is 2.21 bits per heavy atom. The number of carbonyl (C=O) groups excluding carboxylic acids is 1. The molecule has 0 aliphatic rings. The SMILES string of the molecule is COc1ccc(C(=O)Nc2ccc(S(=O)(=O)[N-]c3cc(OC)nc(OC)n3)cc2)c(OC)c1. The van der Waals surface area contributed by atoms with Crippen molar-refractivity contribution in [1.82, 2.24) is 9.97 Å². The van der Waals surface area contributed by atoms with Crippen molar-refractivity contribution in [3.63, 3.8) is 0 Å². The smallest absolute Gasteiger partial charge is 0.259 e. The fourth-order valence-corrected chi connectivity index (χ4v) is 3.63. The van der Waals surface area contributed by atoms with Crippen LogP contribution in [0.5, 0.6) is 23.4 Å². The number of nitrogens with zero attached hydrogens (tertiary/aromatic N) is 3. The number of methoxy groups -OCH3 is 4. The summed E-state index contributed by atoms with van der Waals surface area (Å²) in [5.41, 5.74) is 0.666. The number of amides is 1. The fraction of sp³-hybridized carbons (Fsp3) is 0.190. The quantitative estimate of drug-likeness (QED) is 0.496. The summed E-state index contributed by atoms with van der Waals surface area (Å²) in [5, 5.41) is 2.69. The number of ether oxygens (including phenoxy) is 4. The molecule has 0 unspecified atom stereocenters. The summed E-state index contributed by atoms with van der Waals surface area (Å²) in [4.78, 5) is 20.3. The van der Waals surface area contributed by atoms with Gasteiger partial charge >= 0.3 is 0 Å². The number of carbonyl (C=O) groups is 1. The lowest BCUT2D eigenvalue weighted by Gasteiger charge is -2.17. The van der Waals surface area contributed by atoms with Crippen LogP contribution in [0, 0.1) is 0 Å². The van der Waals surface area contributed by atoms with E-state index in [0.29, 0.717) is 17.2 Å². The van der Waals surface area contributed by atoms with Crippen LogP contribution in [0.15, 0.2) is 53.4 Å². The van der Waals surface area contributed by atoms with E-state index >= 15 is 0 Å². The van der Waals surface area contributed by atoms with Gasteiger partial charge in [0, 0.05) is 17.8 Å². The van der Waals surface area contributed by atoms with Gasteiger partial charge in [-0.2, -0.15) is 4.98 Å². The van der Waals surface area contributed by atoms with Crippen molar-refractivity contribution in [2.45, 2.75) is 4.90 Å². The third kappa shape index (κ3) is 5.60. The maximum atomic E-state index is 12.7. The molecule has 1 N–H and O–H groups in total. The highest BCUT2D eigenvalue weighted by Crippen LogP contribution is 2.30. The van der Waals surface area contributed by atoms with Gasteiger partial charge in [-0.05, 0) is 42.2 Å². The van der Waals surface area contributed by atoms with Gasteiger partial charge in [-0.1, -0.05) is 0 Å². The normalized spacial score (nSPS) is 10.8. The largest absolute Gasteiger partial charge is 0.497 e. The maximum absolute atomic E-state index is 12.7. The zero-order valence-electron chi connectivity index (χ0n) is 18.2. The maximum Gasteiger partial charge on any atom is 0.259 e. The average Bonchev–Trinajstić information content (AvgIpc) is 2.83. The lowest BCUT2D eigenvalue weighted by molar-refractivity contribution is 0.102. The van der Waals surface area contributed by atoms with Crippen LogP contribution in [0.4, 0.5) is 11.5 Å². The third-order valence-electron chi connectivity index (χ3n) is 4.34. The number of aromatic nitrogens is 2. The number of hydrogen-bond acceptors (Lipinski definition) is 9. The molecule has 1 heterocycles. The molecule has 0 aliphatic heterocycles. The summed E-state index contributed by atoms with van der Waals surface area (Å²) in [6.07, 6.45) is 0. The molecule has 3 rings (SSSR count). The molecule has 174 valence electrons. The number of rotatable bonds is 9. The molecule has 0 saturated carbocycles. The van der Waals surface area contributed by atoms with E-state index in [-0.39, 0.29) is 28.2 Å². The van der Waals surface area contributed by atoms with Crippen molar-refractivity contribution in [3.8, 4) is 23.4 Å². The van der Waals surface area contributed by atoms with E-state index < -0.39 is 15.9 Å². The first-order valence-electron chi connectivity index (χ1n) is 9.38. The van der Waals surface area contributed by atoms with Gasteiger partial charge in [0.2, 0.25) is 21.9 Å². The molecule has 0 spiro atoms. The van der Waals surface area contributed by atoms with Crippen LogP contribution in [0.1, 0.15) is 10.4 Å². The van der Waals surface area contributed by atoms with Crippen molar-refractivity contribution >= 4 is 27.4 Å². The average molecular weight is 473 g/mol. The Labute approximate surface area is 190 Å². The molecule has 0 bridgehead atoms. The van der Waals surface area contributed by atoms with Crippen molar-refractivity contribution < 1.29 is 32.2 Å². The second kappa shape index (κ2) is 10.0. The van der Waals surface area contributed by atoms with Gasteiger partial charge in [0.25, 0.3) is 5.91 Å². The predicted molar refractivity (Wildman–Crippen MR) is 119 cm³/mol. The van der Waals surface area contributed by atoms with Crippen LogP contribution in [0.25, 0.3) is 4.72 Å². The zero-order chi connectivity index (χ0) is 24.0. The first kappa shape index (κ1) is 23.6. The Morgan fingerprint density at radius 1 is 0.879 bits per heavy atom. The molecule has 0 saturated heterocycles. The molecule has 0 radical (unpaired) electrons. The number of benzene rings is 2. The Hall–Kier alpha value is -4.06. The Bertz CT molecular complexity index is 1230. The highest BCUT2D eigenvalue weighted by Gasteiger charge is 2.15. The molecule has 1 amide bonds. The predicted octanol–water partition coefficient (Wildman–Crippen LogP) is 3.16. The number of anilines is 1. The van der Waals surface area contributed by atoms with Crippen LogP contribution in [0.2, 0.25) is 0 Å². The van der Waals surface area contributed by atoms with Crippen molar-refractivity contribution in [2.24, 2.45) is 0 Å². The molecule has 12 heteroatoms.